The Balaban J connectivity index is 1.45. The number of halogens is 3. The molecule has 9 rings (SSSR count). The maximum absolute atomic E-state index is 15.9. The van der Waals surface area contributed by atoms with Crippen LogP contribution in [0.3, 0.4) is 0 Å². The molecule has 12 heteroatoms. The Hall–Kier alpha value is -2.99. The van der Waals surface area contributed by atoms with E-state index in [4.69, 9.17) is 0 Å². The third-order valence-corrected chi connectivity index (χ3v) is 11.6. The smallest absolute Gasteiger partial charge is 0.278 e. The molecule has 8 heterocycles. The van der Waals surface area contributed by atoms with Crippen molar-refractivity contribution in [3.8, 4) is 0 Å². The summed E-state index contributed by atoms with van der Waals surface area (Å²) in [4.78, 5) is 15.9. The highest BCUT2D eigenvalue weighted by Gasteiger charge is 2.45. The van der Waals surface area contributed by atoms with Crippen molar-refractivity contribution in [3.63, 3.8) is 0 Å². The summed E-state index contributed by atoms with van der Waals surface area (Å²) in [6.07, 6.45) is 4.61. The third-order valence-electron chi connectivity index (χ3n) is 9.93. The zero-order valence-corrected chi connectivity index (χ0v) is 26.1. The number of hydrogen-bond acceptors (Lipinski definition) is 7. The second-order valence-corrected chi connectivity index (χ2v) is 15.1. The van der Waals surface area contributed by atoms with Crippen LogP contribution in [0.5, 0.6) is 0 Å². The Morgan fingerprint density at radius 2 is 1.70 bits per heavy atom. The monoisotopic (exact) mass is 631 g/mol. The molecule has 2 fully saturated rings. The van der Waals surface area contributed by atoms with Crippen LogP contribution in [0.1, 0.15) is 86.2 Å². The molecular weight excluding hydrogens is 591 g/mol. The number of nitrogens with one attached hydrogen (secondary N) is 1. The summed E-state index contributed by atoms with van der Waals surface area (Å²) in [5, 5.41) is 12.8. The molecule has 0 radical (unpaired) electrons. The second kappa shape index (κ2) is 12.1. The first-order valence-corrected chi connectivity index (χ1v) is 17.5. The minimum absolute atomic E-state index is 0.0272. The number of anilines is 1. The van der Waals surface area contributed by atoms with Gasteiger partial charge in [0.15, 0.2) is 5.82 Å². The van der Waals surface area contributed by atoms with Crippen LogP contribution in [0.25, 0.3) is 10.9 Å². The summed E-state index contributed by atoms with van der Waals surface area (Å²) in [5.41, 5.74) is 1.13. The number of sulfone groups is 1. The fourth-order valence-electron chi connectivity index (χ4n) is 7.24. The predicted octanol–water partition coefficient (Wildman–Crippen LogP) is 5.46. The van der Waals surface area contributed by atoms with Crippen molar-refractivity contribution >= 4 is 26.6 Å². The van der Waals surface area contributed by atoms with Crippen LogP contribution in [-0.2, 0) is 29.2 Å². The molecule has 3 aromatic rings. The van der Waals surface area contributed by atoms with Gasteiger partial charge in [-0.15, -0.1) is 5.10 Å². The molecule has 8 nitrogen and oxygen atoms in total. The number of aromatic nitrogens is 3. The largest absolute Gasteiger partial charge is 0.361 e. The van der Waals surface area contributed by atoms with Gasteiger partial charge >= 0.3 is 0 Å². The van der Waals surface area contributed by atoms with Crippen molar-refractivity contribution in [3.05, 3.63) is 62.8 Å². The number of aryl methyl sites for hydroxylation is 2. The van der Waals surface area contributed by atoms with Crippen LogP contribution in [-0.4, -0.2) is 59.2 Å². The van der Waals surface area contributed by atoms with E-state index < -0.39 is 39.1 Å². The van der Waals surface area contributed by atoms with Gasteiger partial charge in [-0.1, -0.05) is 24.6 Å². The first-order chi connectivity index (χ1) is 21.0. The minimum Gasteiger partial charge on any atom is -0.361 e. The van der Waals surface area contributed by atoms with Crippen molar-refractivity contribution in [2.24, 2.45) is 13.0 Å². The van der Waals surface area contributed by atoms with Gasteiger partial charge in [0.2, 0.25) is 0 Å². The topological polar surface area (TPSA) is 97.2 Å². The van der Waals surface area contributed by atoms with E-state index >= 15 is 13.2 Å². The van der Waals surface area contributed by atoms with Crippen LogP contribution in [0.15, 0.2) is 29.1 Å². The van der Waals surface area contributed by atoms with Crippen LogP contribution in [0, 0.1) is 11.7 Å². The lowest BCUT2D eigenvalue weighted by molar-refractivity contribution is -0.0880. The summed E-state index contributed by atoms with van der Waals surface area (Å²) < 4.78 is 73.3. The number of benzene rings is 1. The van der Waals surface area contributed by atoms with Gasteiger partial charge in [0.05, 0.1) is 34.3 Å². The van der Waals surface area contributed by atoms with Crippen molar-refractivity contribution < 1.29 is 21.6 Å². The summed E-state index contributed by atoms with van der Waals surface area (Å²) in [6, 6.07) is 5.21. The van der Waals surface area contributed by atoms with E-state index in [1.54, 1.807) is 24.6 Å². The predicted molar refractivity (Wildman–Crippen MR) is 164 cm³/mol. The van der Waals surface area contributed by atoms with Gasteiger partial charge in [0, 0.05) is 29.5 Å². The van der Waals surface area contributed by atoms with Crippen molar-refractivity contribution in [2.45, 2.75) is 76.2 Å². The SMILES string of the molecule is C[C@H]1Nc2nnc(c3c2cc(C2CCS(=O)(=O)CC2)c(=O)n3C)CCCCCN2CCC(CC2)C(F)(F)c2cccc1c2F. The fraction of sp³-hybridized carbons (Fsp3) is 0.594. The Morgan fingerprint density at radius 1 is 0.977 bits per heavy atom. The molecule has 6 aliphatic rings. The lowest BCUT2D eigenvalue weighted by atomic mass is 9.85. The number of pyridine rings is 1. The van der Waals surface area contributed by atoms with Crippen LogP contribution >= 0.6 is 0 Å². The molecule has 44 heavy (non-hydrogen) atoms. The van der Waals surface area contributed by atoms with Gasteiger partial charge in [-0.05, 0) is 83.5 Å². The molecule has 0 amide bonds. The quantitative estimate of drug-likeness (QED) is 0.381. The lowest BCUT2D eigenvalue weighted by Crippen LogP contribution is -2.40. The van der Waals surface area contributed by atoms with Crippen molar-refractivity contribution in [1.82, 2.24) is 19.7 Å². The molecular formula is C32H40F3N5O3S. The first kappa shape index (κ1) is 31.0. The molecule has 0 unspecified atom stereocenters. The van der Waals surface area contributed by atoms with E-state index in [-0.39, 0.29) is 28.5 Å². The fourth-order valence-corrected chi connectivity index (χ4v) is 8.73. The molecule has 0 aliphatic carbocycles. The molecule has 2 saturated heterocycles. The van der Waals surface area contributed by atoms with E-state index in [2.05, 4.69) is 20.4 Å². The van der Waals surface area contributed by atoms with Gasteiger partial charge in [-0.25, -0.2) is 21.6 Å². The average Bonchev–Trinajstić information content (AvgIpc) is 2.99. The second-order valence-electron chi connectivity index (χ2n) is 12.8. The number of hydrogen-bond donors (Lipinski definition) is 1. The molecule has 0 saturated carbocycles. The number of alkyl halides is 2. The average molecular weight is 632 g/mol. The Labute approximate surface area is 256 Å². The van der Waals surface area contributed by atoms with E-state index in [9.17, 15) is 13.2 Å². The van der Waals surface area contributed by atoms with E-state index in [1.807, 2.05) is 0 Å². The zero-order chi connectivity index (χ0) is 31.2. The molecule has 1 aromatic carbocycles. The molecule has 6 bridgehead atoms. The van der Waals surface area contributed by atoms with Crippen LogP contribution in [0.4, 0.5) is 19.0 Å². The van der Waals surface area contributed by atoms with E-state index in [0.29, 0.717) is 73.2 Å². The standard InChI is InChI=1S/C32H40F3N5O3S/c1-20-23-7-6-8-26(28(23)33)32(34,35)22-10-15-40(16-11-22)14-5-3-4-9-27-29-25(30(36-20)38-37-27)19-24(31(41)39(29)2)21-12-17-44(42,43)18-13-21/h6-8,19-22H,3-5,9-18H2,1-2H3,(H,36,38)/t20-/m1/s1. The Morgan fingerprint density at radius 3 is 2.43 bits per heavy atom. The Bertz CT molecular complexity index is 1710. The minimum atomic E-state index is -3.30. The lowest BCUT2D eigenvalue weighted by Gasteiger charge is -2.36. The maximum atomic E-state index is 15.9. The summed E-state index contributed by atoms with van der Waals surface area (Å²) in [5.74, 6) is -5.01. The summed E-state index contributed by atoms with van der Waals surface area (Å²) >= 11 is 0. The van der Waals surface area contributed by atoms with Gasteiger partial charge in [-0.2, -0.15) is 5.10 Å². The normalized spacial score (nSPS) is 26.1. The molecule has 1 N–H and O–H groups in total. The molecule has 2 aromatic heterocycles. The Kier molecular flexibility index (Phi) is 8.51. The van der Waals surface area contributed by atoms with Crippen molar-refractivity contribution in [1.29, 1.82) is 0 Å². The molecule has 0 spiro atoms. The highest BCUT2D eigenvalue weighted by molar-refractivity contribution is 7.91. The zero-order valence-electron chi connectivity index (χ0n) is 25.3. The maximum Gasteiger partial charge on any atom is 0.278 e. The summed E-state index contributed by atoms with van der Waals surface area (Å²) in [6.45, 7) is 3.63. The molecule has 1 atom stereocenters. The molecule has 238 valence electrons. The highest BCUT2D eigenvalue weighted by atomic mass is 32.2. The van der Waals surface area contributed by atoms with Gasteiger partial charge in [0.25, 0.3) is 11.5 Å². The van der Waals surface area contributed by atoms with Gasteiger partial charge in [-0.3, -0.25) is 4.79 Å². The number of piperidine rings is 1. The third kappa shape index (κ3) is 5.87. The van der Waals surface area contributed by atoms with Crippen molar-refractivity contribution in [2.75, 3.05) is 36.5 Å². The van der Waals surface area contributed by atoms with Gasteiger partial charge < -0.3 is 14.8 Å². The first-order valence-electron chi connectivity index (χ1n) is 15.7. The van der Waals surface area contributed by atoms with E-state index in [1.165, 1.54) is 18.2 Å². The van der Waals surface area contributed by atoms with Crippen LogP contribution in [0.2, 0.25) is 0 Å². The van der Waals surface area contributed by atoms with Crippen LogP contribution < -0.4 is 10.9 Å². The summed E-state index contributed by atoms with van der Waals surface area (Å²) in [7, 11) is -1.43. The molecule has 6 aliphatic heterocycles. The van der Waals surface area contributed by atoms with Gasteiger partial charge in [0.1, 0.15) is 15.7 Å². The highest BCUT2D eigenvalue weighted by Crippen LogP contribution is 2.44. The van der Waals surface area contributed by atoms with E-state index in [0.717, 1.165) is 25.8 Å². The number of rotatable bonds is 1. The number of nitrogens with zero attached hydrogens (tertiary/aromatic N) is 4.